The Morgan fingerprint density at radius 3 is 3.00 bits per heavy atom. The topological polar surface area (TPSA) is 46.2 Å². The first-order valence-corrected chi connectivity index (χ1v) is 7.25. The van der Waals surface area contributed by atoms with Gasteiger partial charge in [0, 0.05) is 6.04 Å². The van der Waals surface area contributed by atoms with Gasteiger partial charge in [0.1, 0.15) is 5.75 Å². The van der Waals surface area contributed by atoms with Crippen molar-refractivity contribution in [2.24, 2.45) is 11.7 Å². The highest BCUT2D eigenvalue weighted by molar-refractivity contribution is 5.44. The van der Waals surface area contributed by atoms with Crippen molar-refractivity contribution in [3.63, 3.8) is 0 Å². The van der Waals surface area contributed by atoms with Crippen molar-refractivity contribution < 1.29 is 5.11 Å². The third-order valence-corrected chi connectivity index (χ3v) is 5.33. The second-order valence-corrected chi connectivity index (χ2v) is 6.07. The van der Waals surface area contributed by atoms with E-state index in [9.17, 15) is 5.11 Å². The third-order valence-electron chi connectivity index (χ3n) is 5.33. The molecule has 98 valence electrons. The fourth-order valence-electron chi connectivity index (χ4n) is 4.46. The van der Waals surface area contributed by atoms with E-state index >= 15 is 0 Å². The molecule has 2 heteroatoms. The summed E-state index contributed by atoms with van der Waals surface area (Å²) in [7, 11) is 0. The number of fused-ring (bicyclic) bond motifs is 3. The Morgan fingerprint density at radius 2 is 2.22 bits per heavy atom. The molecular weight excluding hydrogens is 222 g/mol. The lowest BCUT2D eigenvalue weighted by Gasteiger charge is -2.51. The predicted octanol–water partition coefficient (Wildman–Crippen LogP) is 3.11. The molecule has 3 rings (SSSR count). The summed E-state index contributed by atoms with van der Waals surface area (Å²) in [5.74, 6) is 1.01. The Kier molecular flexibility index (Phi) is 2.86. The van der Waals surface area contributed by atoms with Crippen LogP contribution in [0.15, 0.2) is 18.2 Å². The molecule has 3 atom stereocenters. The molecule has 2 aliphatic carbocycles. The molecule has 0 bridgehead atoms. The fourth-order valence-corrected chi connectivity index (χ4v) is 4.46. The summed E-state index contributed by atoms with van der Waals surface area (Å²) in [5.41, 5.74) is 9.41. The van der Waals surface area contributed by atoms with E-state index in [4.69, 9.17) is 5.73 Å². The molecule has 1 saturated carbocycles. The number of rotatable bonds is 1. The van der Waals surface area contributed by atoms with Gasteiger partial charge in [-0.2, -0.15) is 0 Å². The maximum atomic E-state index is 9.82. The van der Waals surface area contributed by atoms with Crippen LogP contribution in [0, 0.1) is 5.92 Å². The van der Waals surface area contributed by atoms with Crippen LogP contribution in [-0.4, -0.2) is 11.1 Å². The van der Waals surface area contributed by atoms with Gasteiger partial charge in [0.15, 0.2) is 0 Å². The lowest BCUT2D eigenvalue weighted by molar-refractivity contribution is 0.133. The van der Waals surface area contributed by atoms with Gasteiger partial charge in [-0.3, -0.25) is 0 Å². The number of benzene rings is 1. The molecule has 0 amide bonds. The Balaban J connectivity index is 2.16. The van der Waals surface area contributed by atoms with Crippen LogP contribution in [0.1, 0.15) is 50.2 Å². The summed E-state index contributed by atoms with van der Waals surface area (Å²) in [6, 6.07) is 6.18. The third kappa shape index (κ3) is 1.58. The molecular formula is C16H23NO. The van der Waals surface area contributed by atoms with Crippen molar-refractivity contribution in [1.29, 1.82) is 0 Å². The molecule has 1 aromatic carbocycles. The minimum atomic E-state index is 0.226. The summed E-state index contributed by atoms with van der Waals surface area (Å²) in [5, 5.41) is 9.82. The molecule has 0 radical (unpaired) electrons. The zero-order valence-electron chi connectivity index (χ0n) is 11.2. The van der Waals surface area contributed by atoms with Crippen LogP contribution in [0.5, 0.6) is 5.75 Å². The summed E-state index contributed by atoms with van der Waals surface area (Å²) in [6.07, 6.45) is 7.21. The van der Waals surface area contributed by atoms with Crippen LogP contribution in [0.25, 0.3) is 0 Å². The van der Waals surface area contributed by atoms with Crippen molar-refractivity contribution in [1.82, 2.24) is 0 Å². The van der Waals surface area contributed by atoms with Crippen LogP contribution < -0.4 is 5.73 Å². The quantitative estimate of drug-likeness (QED) is 0.798. The minimum absolute atomic E-state index is 0.226. The average Bonchev–Trinajstić information content (AvgIpc) is 2.40. The van der Waals surface area contributed by atoms with E-state index in [-0.39, 0.29) is 5.41 Å². The second kappa shape index (κ2) is 4.27. The van der Waals surface area contributed by atoms with Gasteiger partial charge in [0.05, 0.1) is 0 Å². The molecule has 3 N–H and O–H groups in total. The number of hydrogen-bond donors (Lipinski definition) is 2. The van der Waals surface area contributed by atoms with Gasteiger partial charge in [-0.15, -0.1) is 0 Å². The van der Waals surface area contributed by atoms with Crippen molar-refractivity contribution in [2.45, 2.75) is 56.9 Å². The van der Waals surface area contributed by atoms with Gasteiger partial charge in [-0.05, 0) is 60.3 Å². The molecule has 0 aliphatic heterocycles. The monoisotopic (exact) mass is 245 g/mol. The SMILES string of the molecule is CC[C@@]12CCCC[C@@H]1[C@@H](N)Cc1ccc(O)cc12. The molecule has 18 heavy (non-hydrogen) atoms. The van der Waals surface area contributed by atoms with Gasteiger partial charge in [-0.25, -0.2) is 0 Å². The molecule has 2 aliphatic rings. The van der Waals surface area contributed by atoms with Gasteiger partial charge in [-0.1, -0.05) is 25.8 Å². The Hall–Kier alpha value is -1.02. The van der Waals surface area contributed by atoms with Crippen LogP contribution in [0.3, 0.4) is 0 Å². The first-order valence-electron chi connectivity index (χ1n) is 7.25. The van der Waals surface area contributed by atoms with E-state index in [1.807, 2.05) is 6.07 Å². The van der Waals surface area contributed by atoms with Gasteiger partial charge >= 0.3 is 0 Å². The number of phenolic OH excluding ortho intramolecular Hbond substituents is 1. The number of hydrogen-bond acceptors (Lipinski definition) is 2. The highest BCUT2D eigenvalue weighted by Crippen LogP contribution is 2.52. The highest BCUT2D eigenvalue weighted by Gasteiger charge is 2.47. The summed E-state index contributed by atoms with van der Waals surface area (Å²) >= 11 is 0. The van der Waals surface area contributed by atoms with Crippen molar-refractivity contribution in [3.8, 4) is 5.75 Å². The minimum Gasteiger partial charge on any atom is -0.508 e. The van der Waals surface area contributed by atoms with Crippen LogP contribution in [0.2, 0.25) is 0 Å². The Labute approximate surface area is 109 Å². The van der Waals surface area contributed by atoms with Crippen LogP contribution in [-0.2, 0) is 11.8 Å². The fraction of sp³-hybridized carbons (Fsp3) is 0.625. The summed E-state index contributed by atoms with van der Waals surface area (Å²) < 4.78 is 0. The largest absolute Gasteiger partial charge is 0.508 e. The maximum Gasteiger partial charge on any atom is 0.115 e. The van der Waals surface area contributed by atoms with Gasteiger partial charge in [0.2, 0.25) is 0 Å². The maximum absolute atomic E-state index is 9.82. The molecule has 1 fully saturated rings. The van der Waals surface area contributed by atoms with Crippen molar-refractivity contribution >= 4 is 0 Å². The average molecular weight is 245 g/mol. The van der Waals surface area contributed by atoms with E-state index in [1.165, 1.54) is 36.8 Å². The van der Waals surface area contributed by atoms with Gasteiger partial charge < -0.3 is 10.8 Å². The summed E-state index contributed by atoms with van der Waals surface area (Å²) in [4.78, 5) is 0. The Morgan fingerprint density at radius 1 is 1.39 bits per heavy atom. The molecule has 1 aromatic rings. The van der Waals surface area contributed by atoms with Crippen LogP contribution in [0.4, 0.5) is 0 Å². The Bertz CT molecular complexity index is 456. The number of phenols is 1. The van der Waals surface area contributed by atoms with E-state index in [0.717, 1.165) is 12.8 Å². The molecule has 0 unspecified atom stereocenters. The standard InChI is InChI=1S/C16H23NO/c1-2-16-8-4-3-5-13(16)15(17)9-11-6-7-12(18)10-14(11)16/h6-7,10,13,15,18H,2-5,8-9,17H2,1H3/t13-,15+,16-/m1/s1. The molecule has 0 aromatic heterocycles. The summed E-state index contributed by atoms with van der Waals surface area (Å²) in [6.45, 7) is 2.28. The normalized spacial score (nSPS) is 34.8. The highest BCUT2D eigenvalue weighted by atomic mass is 16.3. The van der Waals surface area contributed by atoms with Crippen LogP contribution >= 0.6 is 0 Å². The van der Waals surface area contributed by atoms with E-state index in [2.05, 4.69) is 13.0 Å². The molecule has 0 spiro atoms. The number of aromatic hydroxyl groups is 1. The van der Waals surface area contributed by atoms with E-state index < -0.39 is 0 Å². The second-order valence-electron chi connectivity index (χ2n) is 6.07. The van der Waals surface area contributed by atoms with Crippen molar-refractivity contribution in [2.75, 3.05) is 0 Å². The van der Waals surface area contributed by atoms with E-state index in [1.54, 1.807) is 6.07 Å². The van der Waals surface area contributed by atoms with Gasteiger partial charge in [0.25, 0.3) is 0 Å². The first-order chi connectivity index (χ1) is 8.67. The zero-order chi connectivity index (χ0) is 12.8. The first kappa shape index (κ1) is 12.0. The predicted molar refractivity (Wildman–Crippen MR) is 73.7 cm³/mol. The smallest absolute Gasteiger partial charge is 0.115 e. The number of nitrogens with two attached hydrogens (primary N) is 1. The molecule has 0 saturated heterocycles. The van der Waals surface area contributed by atoms with Crippen molar-refractivity contribution in [3.05, 3.63) is 29.3 Å². The zero-order valence-corrected chi connectivity index (χ0v) is 11.2. The van der Waals surface area contributed by atoms with E-state index in [0.29, 0.717) is 17.7 Å². The lowest BCUT2D eigenvalue weighted by atomic mass is 9.54. The lowest BCUT2D eigenvalue weighted by Crippen LogP contribution is -2.52. The molecule has 0 heterocycles. The molecule has 2 nitrogen and oxygen atoms in total.